The van der Waals surface area contributed by atoms with Crippen molar-refractivity contribution in [2.75, 3.05) is 40.5 Å². The van der Waals surface area contributed by atoms with E-state index in [1.165, 1.54) is 19.2 Å². The minimum atomic E-state index is -1.82. The Hall–Kier alpha value is -2.56. The molecule has 8 nitrogen and oxygen atoms in total. The van der Waals surface area contributed by atoms with E-state index in [0.717, 1.165) is 12.0 Å². The van der Waals surface area contributed by atoms with Crippen molar-refractivity contribution in [3.05, 3.63) is 53.3 Å². The van der Waals surface area contributed by atoms with Gasteiger partial charge in [-0.3, -0.25) is 4.79 Å². The molecule has 2 aromatic carbocycles. The number of ether oxygens (including phenoxy) is 3. The zero-order chi connectivity index (χ0) is 28.2. The van der Waals surface area contributed by atoms with Crippen LogP contribution in [0.3, 0.4) is 0 Å². The van der Waals surface area contributed by atoms with Gasteiger partial charge in [-0.15, -0.1) is 0 Å². The Morgan fingerprint density at radius 2 is 2.05 bits per heavy atom. The minimum Gasteiger partial charge on any atom is -0.496 e. The maximum absolute atomic E-state index is 15.9. The van der Waals surface area contributed by atoms with Gasteiger partial charge in [-0.05, 0) is 62.6 Å². The first-order chi connectivity index (χ1) is 18.7. The Bertz CT molecular complexity index is 1140. The molecule has 0 unspecified atom stereocenters. The zero-order valence-corrected chi connectivity index (χ0v) is 23.1. The summed E-state index contributed by atoms with van der Waals surface area (Å²) in [7, 11) is 3.11. The summed E-state index contributed by atoms with van der Waals surface area (Å²) in [6.45, 7) is 3.01. The van der Waals surface area contributed by atoms with Crippen molar-refractivity contribution in [3.63, 3.8) is 0 Å². The van der Waals surface area contributed by atoms with E-state index in [-0.39, 0.29) is 37.1 Å². The summed E-state index contributed by atoms with van der Waals surface area (Å²) >= 11 is 0. The third-order valence-corrected chi connectivity index (χ3v) is 8.46. The predicted octanol–water partition coefficient (Wildman–Crippen LogP) is 3.14. The highest BCUT2D eigenvalue weighted by atomic mass is 19.1. The van der Waals surface area contributed by atoms with Crippen LogP contribution in [0.2, 0.25) is 0 Å². The summed E-state index contributed by atoms with van der Waals surface area (Å²) in [5.41, 5.74) is 5.10. The average Bonchev–Trinajstić information content (AvgIpc) is 3.28. The van der Waals surface area contributed by atoms with Crippen molar-refractivity contribution >= 4 is 6.41 Å². The van der Waals surface area contributed by atoms with Gasteiger partial charge in [0.15, 0.2) is 0 Å². The number of unbranched alkanes of at least 4 members (excludes halogenated alkanes) is 1. The standard InChI is InChI=1S/C30H41FN2O6/c1-20-7-6-8-21(15-20)27-23(31)9-10-26(38-3)28(27)29(36,11-4-5-13-37-2)30(18-33(19-34)12-14-39-30)22-16-24(32)25(35)17-22/h6-10,15,19,22,24-25,35-36H,4-5,11-14,16-18,32H2,1-3H3/t22-,24+,25-,29+,30-/m0/s1. The van der Waals surface area contributed by atoms with Crippen LogP contribution in [0.25, 0.3) is 11.1 Å². The number of aliphatic hydroxyl groups excluding tert-OH is 1. The lowest BCUT2D eigenvalue weighted by molar-refractivity contribution is -0.247. The van der Waals surface area contributed by atoms with E-state index in [0.29, 0.717) is 43.7 Å². The fraction of sp³-hybridized carbons (Fsp3) is 0.567. The van der Waals surface area contributed by atoms with Gasteiger partial charge in [-0.25, -0.2) is 4.39 Å². The maximum atomic E-state index is 15.9. The van der Waals surface area contributed by atoms with Crippen LogP contribution in [-0.2, 0) is 19.9 Å². The molecule has 4 N–H and O–H groups in total. The van der Waals surface area contributed by atoms with E-state index in [2.05, 4.69) is 0 Å². The lowest BCUT2D eigenvalue weighted by Gasteiger charge is -2.55. The zero-order valence-electron chi connectivity index (χ0n) is 23.1. The second-order valence-electron chi connectivity index (χ2n) is 10.9. The Kier molecular flexibility index (Phi) is 9.29. The summed E-state index contributed by atoms with van der Waals surface area (Å²) in [6, 6.07) is 9.80. The number of methoxy groups -OCH3 is 2. The molecule has 0 bridgehead atoms. The summed E-state index contributed by atoms with van der Waals surface area (Å²) < 4.78 is 33.6. The van der Waals surface area contributed by atoms with E-state index >= 15 is 4.39 Å². The SMILES string of the molecule is COCCCC[C@@](O)(c1c(OC)ccc(F)c1-c1cccc(C)c1)[C@@]1([C@H]2C[C@@H](N)[C@@H](O)C2)CN(C=O)CCO1. The molecule has 1 heterocycles. The molecular formula is C30H41FN2O6. The first-order valence-electron chi connectivity index (χ1n) is 13.6. The first-order valence-corrected chi connectivity index (χ1v) is 13.6. The molecule has 1 saturated heterocycles. The molecule has 4 rings (SSSR count). The molecule has 2 aliphatic rings. The number of hydrogen-bond acceptors (Lipinski definition) is 7. The fourth-order valence-corrected chi connectivity index (χ4v) is 6.52. The molecule has 1 amide bonds. The molecule has 9 heteroatoms. The summed E-state index contributed by atoms with van der Waals surface area (Å²) in [6.07, 6.45) is 1.99. The van der Waals surface area contributed by atoms with E-state index in [1.807, 2.05) is 25.1 Å². The van der Waals surface area contributed by atoms with Gasteiger partial charge in [0.2, 0.25) is 6.41 Å². The van der Waals surface area contributed by atoms with Crippen molar-refractivity contribution in [2.45, 2.75) is 62.4 Å². The Morgan fingerprint density at radius 3 is 2.69 bits per heavy atom. The monoisotopic (exact) mass is 544 g/mol. The molecule has 2 aromatic rings. The second kappa shape index (κ2) is 12.3. The molecule has 0 spiro atoms. The van der Waals surface area contributed by atoms with Crippen LogP contribution in [0.15, 0.2) is 36.4 Å². The van der Waals surface area contributed by atoms with Gasteiger partial charge < -0.3 is 35.1 Å². The second-order valence-corrected chi connectivity index (χ2v) is 10.9. The summed E-state index contributed by atoms with van der Waals surface area (Å²) in [5.74, 6) is -0.597. The van der Waals surface area contributed by atoms with Gasteiger partial charge in [0.1, 0.15) is 22.8 Å². The number of nitrogens with zero attached hydrogens (tertiary/aromatic N) is 1. The van der Waals surface area contributed by atoms with Crippen molar-refractivity contribution < 1.29 is 33.6 Å². The smallest absolute Gasteiger partial charge is 0.209 e. The fourth-order valence-electron chi connectivity index (χ4n) is 6.52. The third-order valence-electron chi connectivity index (χ3n) is 8.46. The quantitative estimate of drug-likeness (QED) is 0.294. The van der Waals surface area contributed by atoms with Crippen LogP contribution < -0.4 is 10.5 Å². The molecule has 39 heavy (non-hydrogen) atoms. The molecule has 2 fully saturated rings. The molecule has 214 valence electrons. The van der Waals surface area contributed by atoms with E-state index < -0.39 is 35.1 Å². The van der Waals surface area contributed by atoms with Crippen molar-refractivity contribution in [2.24, 2.45) is 11.7 Å². The number of amides is 1. The molecular weight excluding hydrogens is 503 g/mol. The number of carbonyl (C=O) groups is 1. The van der Waals surface area contributed by atoms with Crippen molar-refractivity contribution in [3.8, 4) is 16.9 Å². The lowest BCUT2D eigenvalue weighted by atomic mass is 9.64. The third kappa shape index (κ3) is 5.56. The minimum absolute atomic E-state index is 0.0638. The number of aryl methyl sites for hydroxylation is 1. The number of hydrogen-bond donors (Lipinski definition) is 3. The number of nitrogens with two attached hydrogens (primary N) is 1. The topological polar surface area (TPSA) is 114 Å². The number of carbonyl (C=O) groups excluding carboxylic acids is 1. The molecule has 0 radical (unpaired) electrons. The summed E-state index contributed by atoms with van der Waals surface area (Å²) in [4.78, 5) is 13.7. The van der Waals surface area contributed by atoms with Gasteiger partial charge in [-0.2, -0.15) is 0 Å². The largest absolute Gasteiger partial charge is 0.496 e. The highest BCUT2D eigenvalue weighted by Crippen LogP contribution is 2.55. The van der Waals surface area contributed by atoms with E-state index in [1.54, 1.807) is 18.1 Å². The molecule has 1 aliphatic carbocycles. The van der Waals surface area contributed by atoms with Crippen LogP contribution in [0, 0.1) is 18.7 Å². The van der Waals surface area contributed by atoms with Gasteiger partial charge in [-0.1, -0.05) is 29.8 Å². The molecule has 0 aromatic heterocycles. The van der Waals surface area contributed by atoms with Gasteiger partial charge >= 0.3 is 0 Å². The normalized spacial score (nSPS) is 26.8. The van der Waals surface area contributed by atoms with Crippen LogP contribution in [0.5, 0.6) is 5.75 Å². The lowest BCUT2D eigenvalue weighted by Crippen LogP contribution is -2.66. The van der Waals surface area contributed by atoms with E-state index in [9.17, 15) is 15.0 Å². The highest BCUT2D eigenvalue weighted by molar-refractivity contribution is 5.73. The molecule has 1 saturated carbocycles. The number of morpholine rings is 1. The molecule has 1 aliphatic heterocycles. The Labute approximate surface area is 229 Å². The van der Waals surface area contributed by atoms with Crippen molar-refractivity contribution in [1.29, 1.82) is 0 Å². The number of rotatable bonds is 11. The first kappa shape index (κ1) is 29.4. The van der Waals surface area contributed by atoms with Crippen LogP contribution >= 0.6 is 0 Å². The molecule has 5 atom stereocenters. The van der Waals surface area contributed by atoms with Gasteiger partial charge in [0.25, 0.3) is 0 Å². The number of aliphatic hydroxyl groups is 2. The van der Waals surface area contributed by atoms with Crippen LogP contribution in [-0.4, -0.2) is 79.8 Å². The van der Waals surface area contributed by atoms with Crippen LogP contribution in [0.1, 0.15) is 43.2 Å². The average molecular weight is 545 g/mol. The Balaban J connectivity index is 2.01. The predicted molar refractivity (Wildman–Crippen MR) is 146 cm³/mol. The maximum Gasteiger partial charge on any atom is 0.209 e. The Morgan fingerprint density at radius 1 is 1.26 bits per heavy atom. The van der Waals surface area contributed by atoms with E-state index in [4.69, 9.17) is 19.9 Å². The van der Waals surface area contributed by atoms with Gasteiger partial charge in [0, 0.05) is 37.4 Å². The summed E-state index contributed by atoms with van der Waals surface area (Å²) in [5, 5.41) is 23.9. The van der Waals surface area contributed by atoms with Crippen LogP contribution in [0.4, 0.5) is 4.39 Å². The number of halogens is 1. The number of benzene rings is 2. The van der Waals surface area contributed by atoms with Crippen molar-refractivity contribution in [1.82, 2.24) is 4.90 Å². The highest BCUT2D eigenvalue weighted by Gasteiger charge is 2.62. The van der Waals surface area contributed by atoms with Gasteiger partial charge in [0.05, 0.1) is 26.4 Å².